The number of halogens is 1. The van der Waals surface area contributed by atoms with Gasteiger partial charge in [0.05, 0.1) is 6.20 Å². The second-order valence-electron chi connectivity index (χ2n) is 1.25. The lowest BCUT2D eigenvalue weighted by atomic mass is 10.5. The molecular weight excluding hydrogens is 109 g/mol. The van der Waals surface area contributed by atoms with Gasteiger partial charge in [0.15, 0.2) is 0 Å². The Morgan fingerprint density at radius 2 is 2.50 bits per heavy atom. The van der Waals surface area contributed by atoms with Crippen molar-refractivity contribution in [3.63, 3.8) is 0 Å². The van der Waals surface area contributed by atoms with Gasteiger partial charge in [-0.1, -0.05) is 0 Å². The monoisotopic (exact) mass is 112 g/mol. The van der Waals surface area contributed by atoms with Crippen LogP contribution in [0.4, 0.5) is 4.39 Å². The van der Waals surface area contributed by atoms with Crippen LogP contribution in [0.25, 0.3) is 0 Å². The second kappa shape index (κ2) is 1.78. The largest absolute Gasteiger partial charge is 0.493 e. The third-order valence-electron chi connectivity index (χ3n) is 0.649. The van der Waals surface area contributed by atoms with E-state index in [4.69, 9.17) is 5.11 Å². The van der Waals surface area contributed by atoms with Gasteiger partial charge in [-0.2, -0.15) is 0 Å². The summed E-state index contributed by atoms with van der Waals surface area (Å²) in [5, 5.41) is 8.45. The van der Waals surface area contributed by atoms with E-state index >= 15 is 0 Å². The SMILES string of the molecule is Oc1c[c]c(F)cn1. The Balaban J connectivity index is 3.03. The topological polar surface area (TPSA) is 33.1 Å². The van der Waals surface area contributed by atoms with Crippen LogP contribution in [0.3, 0.4) is 0 Å². The van der Waals surface area contributed by atoms with Crippen molar-refractivity contribution in [3.8, 4) is 5.88 Å². The second-order valence-corrected chi connectivity index (χ2v) is 1.25. The Bertz CT molecular complexity index is 151. The summed E-state index contributed by atoms with van der Waals surface area (Å²) < 4.78 is 11.9. The van der Waals surface area contributed by atoms with E-state index in [0.29, 0.717) is 0 Å². The van der Waals surface area contributed by atoms with Gasteiger partial charge < -0.3 is 5.11 Å². The van der Waals surface area contributed by atoms with Crippen LogP contribution in [-0.2, 0) is 0 Å². The first-order valence-electron chi connectivity index (χ1n) is 2.01. The van der Waals surface area contributed by atoms with Crippen molar-refractivity contribution < 1.29 is 9.50 Å². The van der Waals surface area contributed by atoms with Crippen molar-refractivity contribution >= 4 is 0 Å². The minimum Gasteiger partial charge on any atom is -0.493 e. The smallest absolute Gasteiger partial charge is 0.211 e. The number of hydrogen-bond donors (Lipinski definition) is 1. The predicted molar refractivity (Wildman–Crippen MR) is 24.7 cm³/mol. The standard InChI is InChI=1S/C5H3FNO/c6-4-1-2-5(8)7-3-4/h2-3H,(H,7,8). The molecular formula is C5H3FNO. The van der Waals surface area contributed by atoms with Gasteiger partial charge in [-0.25, -0.2) is 9.37 Å². The summed E-state index contributed by atoms with van der Waals surface area (Å²) >= 11 is 0. The average molecular weight is 112 g/mol. The molecule has 0 saturated carbocycles. The Labute approximate surface area is 45.6 Å². The van der Waals surface area contributed by atoms with Crippen molar-refractivity contribution in [1.29, 1.82) is 0 Å². The maximum atomic E-state index is 11.9. The van der Waals surface area contributed by atoms with Crippen molar-refractivity contribution in [2.45, 2.75) is 0 Å². The van der Waals surface area contributed by atoms with Crippen LogP contribution in [0.15, 0.2) is 12.3 Å². The third-order valence-corrected chi connectivity index (χ3v) is 0.649. The van der Waals surface area contributed by atoms with E-state index in [-0.39, 0.29) is 5.88 Å². The molecule has 0 fully saturated rings. The van der Waals surface area contributed by atoms with Gasteiger partial charge in [0, 0.05) is 12.1 Å². The van der Waals surface area contributed by atoms with Gasteiger partial charge in [-0.3, -0.25) is 0 Å². The van der Waals surface area contributed by atoms with Gasteiger partial charge >= 0.3 is 0 Å². The van der Waals surface area contributed by atoms with E-state index in [1.807, 2.05) is 0 Å². The molecule has 1 heterocycles. The molecule has 1 aromatic heterocycles. The number of aromatic nitrogens is 1. The number of rotatable bonds is 0. The molecule has 1 radical (unpaired) electrons. The molecule has 0 aromatic carbocycles. The molecule has 1 aromatic rings. The normalized spacial score (nSPS) is 9.12. The highest BCUT2D eigenvalue weighted by molar-refractivity contribution is 5.06. The zero-order chi connectivity index (χ0) is 5.98. The minimum atomic E-state index is -0.567. The average Bonchev–Trinajstić information content (AvgIpc) is 1.77. The minimum absolute atomic E-state index is 0.216. The van der Waals surface area contributed by atoms with Crippen molar-refractivity contribution in [1.82, 2.24) is 4.98 Å². The summed E-state index contributed by atoms with van der Waals surface area (Å²) in [5.74, 6) is -0.783. The lowest BCUT2D eigenvalue weighted by Gasteiger charge is -1.84. The van der Waals surface area contributed by atoms with Crippen LogP contribution in [0.2, 0.25) is 0 Å². The van der Waals surface area contributed by atoms with Crippen molar-refractivity contribution in [2.75, 3.05) is 0 Å². The molecule has 3 heteroatoms. The maximum Gasteiger partial charge on any atom is 0.211 e. The number of aromatic hydroxyl groups is 1. The lowest BCUT2D eigenvalue weighted by Crippen LogP contribution is -1.75. The fraction of sp³-hybridized carbons (Fsp3) is 0. The Kier molecular flexibility index (Phi) is 1.12. The summed E-state index contributed by atoms with van der Waals surface area (Å²) in [5.41, 5.74) is 0. The number of nitrogens with zero attached hydrogens (tertiary/aromatic N) is 1. The first kappa shape index (κ1) is 5.03. The van der Waals surface area contributed by atoms with Gasteiger partial charge in [-0.15, -0.1) is 0 Å². The molecule has 0 saturated heterocycles. The zero-order valence-electron chi connectivity index (χ0n) is 3.93. The molecule has 2 nitrogen and oxygen atoms in total. The fourth-order valence-electron chi connectivity index (χ4n) is 0.331. The van der Waals surface area contributed by atoms with E-state index in [9.17, 15) is 4.39 Å². The summed E-state index contributed by atoms with van der Waals surface area (Å²) in [4.78, 5) is 3.23. The predicted octanol–water partition coefficient (Wildman–Crippen LogP) is 0.726. The van der Waals surface area contributed by atoms with Crippen LogP contribution < -0.4 is 0 Å². The van der Waals surface area contributed by atoms with Gasteiger partial charge in [0.25, 0.3) is 0 Å². The molecule has 0 aliphatic rings. The Morgan fingerprint density at radius 3 is 2.88 bits per heavy atom. The van der Waals surface area contributed by atoms with E-state index in [1.54, 1.807) is 0 Å². The van der Waals surface area contributed by atoms with Crippen molar-refractivity contribution in [3.05, 3.63) is 24.1 Å². The van der Waals surface area contributed by atoms with Crippen LogP contribution in [0.1, 0.15) is 0 Å². The first-order chi connectivity index (χ1) is 3.79. The molecule has 41 valence electrons. The summed E-state index contributed by atoms with van der Waals surface area (Å²) in [6.07, 6.45) is 0.898. The molecule has 0 atom stereocenters. The van der Waals surface area contributed by atoms with Crippen LogP contribution in [0.5, 0.6) is 5.88 Å². The Morgan fingerprint density at radius 1 is 1.75 bits per heavy atom. The quantitative estimate of drug-likeness (QED) is 0.536. The van der Waals surface area contributed by atoms with Gasteiger partial charge in [-0.05, 0) is 0 Å². The highest BCUT2D eigenvalue weighted by Gasteiger charge is 1.88. The number of pyridine rings is 1. The van der Waals surface area contributed by atoms with Crippen LogP contribution in [0, 0.1) is 11.9 Å². The molecule has 8 heavy (non-hydrogen) atoms. The van der Waals surface area contributed by atoms with Gasteiger partial charge in [0.2, 0.25) is 5.88 Å². The van der Waals surface area contributed by atoms with Gasteiger partial charge in [0.1, 0.15) is 5.82 Å². The fourth-order valence-corrected chi connectivity index (χ4v) is 0.331. The molecule has 0 aliphatic carbocycles. The van der Waals surface area contributed by atoms with E-state index in [2.05, 4.69) is 11.1 Å². The van der Waals surface area contributed by atoms with E-state index in [0.717, 1.165) is 12.3 Å². The molecule has 1 N–H and O–H groups in total. The maximum absolute atomic E-state index is 11.9. The molecule has 1 rings (SSSR count). The third kappa shape index (κ3) is 0.932. The van der Waals surface area contributed by atoms with Crippen molar-refractivity contribution in [2.24, 2.45) is 0 Å². The molecule has 0 unspecified atom stereocenters. The molecule has 0 spiro atoms. The first-order valence-corrected chi connectivity index (χ1v) is 2.01. The molecule has 0 amide bonds. The van der Waals surface area contributed by atoms with Crippen LogP contribution in [-0.4, -0.2) is 10.1 Å². The zero-order valence-corrected chi connectivity index (χ0v) is 3.93. The highest BCUT2D eigenvalue weighted by Crippen LogP contribution is 2.00. The van der Waals surface area contributed by atoms with Crippen LogP contribution >= 0.6 is 0 Å². The molecule has 0 bridgehead atoms. The molecule has 0 aliphatic heterocycles. The highest BCUT2D eigenvalue weighted by atomic mass is 19.1. The summed E-state index contributed by atoms with van der Waals surface area (Å²) in [6.45, 7) is 0. The Hall–Kier alpha value is -1.12. The summed E-state index contributed by atoms with van der Waals surface area (Å²) in [6, 6.07) is 3.19. The lowest BCUT2D eigenvalue weighted by molar-refractivity contribution is 0.449. The van der Waals surface area contributed by atoms with E-state index in [1.165, 1.54) is 0 Å². The van der Waals surface area contributed by atoms with E-state index < -0.39 is 5.82 Å². The summed E-state index contributed by atoms with van der Waals surface area (Å²) in [7, 11) is 0. The number of hydrogen-bond acceptors (Lipinski definition) is 2.